The van der Waals surface area contributed by atoms with Gasteiger partial charge in [-0.25, -0.2) is 4.39 Å². The number of amides is 1. The fourth-order valence-corrected chi connectivity index (χ4v) is 3.39. The van der Waals surface area contributed by atoms with Gasteiger partial charge in [0, 0.05) is 22.4 Å². The molecule has 0 saturated heterocycles. The van der Waals surface area contributed by atoms with E-state index in [1.54, 1.807) is 24.3 Å². The molecular weight excluding hydrogens is 341 g/mol. The minimum Gasteiger partial charge on any atom is -0.322 e. The molecule has 1 N–H and O–H groups in total. The number of halogens is 1. The molecule has 0 heterocycles. The van der Waals surface area contributed by atoms with Crippen molar-refractivity contribution in [1.29, 1.82) is 0 Å². The van der Waals surface area contributed by atoms with E-state index in [4.69, 9.17) is 0 Å². The summed E-state index contributed by atoms with van der Waals surface area (Å²) in [6.07, 6.45) is 3.27. The van der Waals surface area contributed by atoms with Gasteiger partial charge in [-0.15, -0.1) is 0 Å². The standard InChI is InChI=1S/C23H18FNO2/c24-20-10-6-17(7-11-20)23(27)25-21-12-8-16(9-13-21)22(26)19-5-4-15-2-1-3-18(15)14-19/h4-14H,1-3H2,(H,25,27). The number of benzene rings is 3. The zero-order valence-corrected chi connectivity index (χ0v) is 14.7. The van der Waals surface area contributed by atoms with Gasteiger partial charge in [-0.3, -0.25) is 9.59 Å². The van der Waals surface area contributed by atoms with Crippen LogP contribution in [-0.4, -0.2) is 11.7 Å². The first-order valence-electron chi connectivity index (χ1n) is 8.94. The van der Waals surface area contributed by atoms with Gasteiger partial charge in [0.1, 0.15) is 5.82 Å². The Labute approximate surface area is 156 Å². The zero-order valence-electron chi connectivity index (χ0n) is 14.7. The molecule has 4 heteroatoms. The van der Waals surface area contributed by atoms with E-state index in [2.05, 4.69) is 5.32 Å². The van der Waals surface area contributed by atoms with Crippen LogP contribution < -0.4 is 5.32 Å². The van der Waals surface area contributed by atoms with Crippen LogP contribution in [-0.2, 0) is 12.8 Å². The van der Waals surface area contributed by atoms with E-state index in [1.807, 2.05) is 18.2 Å². The SMILES string of the molecule is O=C(Nc1ccc(C(=O)c2ccc3c(c2)CCC3)cc1)c1ccc(F)cc1. The minimum atomic E-state index is -0.388. The van der Waals surface area contributed by atoms with Gasteiger partial charge in [-0.2, -0.15) is 0 Å². The molecule has 0 radical (unpaired) electrons. The third-order valence-corrected chi connectivity index (χ3v) is 4.87. The van der Waals surface area contributed by atoms with E-state index in [0.29, 0.717) is 22.4 Å². The highest BCUT2D eigenvalue weighted by Crippen LogP contribution is 2.24. The number of carbonyl (C=O) groups excluding carboxylic acids is 2. The monoisotopic (exact) mass is 359 g/mol. The van der Waals surface area contributed by atoms with Crippen LogP contribution in [0.4, 0.5) is 10.1 Å². The number of rotatable bonds is 4. The lowest BCUT2D eigenvalue weighted by atomic mass is 9.99. The van der Waals surface area contributed by atoms with Crippen molar-refractivity contribution in [2.75, 3.05) is 5.32 Å². The Hall–Kier alpha value is -3.27. The number of carbonyl (C=O) groups is 2. The Kier molecular flexibility index (Phi) is 4.55. The molecular formula is C23H18FNO2. The maximum Gasteiger partial charge on any atom is 0.255 e. The van der Waals surface area contributed by atoms with Gasteiger partial charge in [0.2, 0.25) is 0 Å². The van der Waals surface area contributed by atoms with Crippen molar-refractivity contribution in [3.8, 4) is 0 Å². The number of ketones is 1. The molecule has 1 aliphatic carbocycles. The predicted molar refractivity (Wildman–Crippen MR) is 103 cm³/mol. The second kappa shape index (κ2) is 7.16. The molecule has 3 aromatic carbocycles. The lowest BCUT2D eigenvalue weighted by Gasteiger charge is -2.08. The van der Waals surface area contributed by atoms with E-state index in [9.17, 15) is 14.0 Å². The van der Waals surface area contributed by atoms with E-state index >= 15 is 0 Å². The second-order valence-electron chi connectivity index (χ2n) is 6.70. The van der Waals surface area contributed by atoms with Crippen LogP contribution in [0.2, 0.25) is 0 Å². The first kappa shape index (κ1) is 17.2. The Morgan fingerprint density at radius 1 is 0.741 bits per heavy atom. The van der Waals surface area contributed by atoms with E-state index in [0.717, 1.165) is 19.3 Å². The fourth-order valence-electron chi connectivity index (χ4n) is 3.39. The largest absolute Gasteiger partial charge is 0.322 e. The Balaban J connectivity index is 1.47. The van der Waals surface area contributed by atoms with Gasteiger partial charge in [-0.05, 0) is 85.0 Å². The van der Waals surface area contributed by atoms with Crippen LogP contribution in [0.25, 0.3) is 0 Å². The topological polar surface area (TPSA) is 46.2 Å². The summed E-state index contributed by atoms with van der Waals surface area (Å²) in [5, 5.41) is 2.74. The molecule has 0 atom stereocenters. The molecule has 0 saturated carbocycles. The average Bonchev–Trinajstić information content (AvgIpc) is 3.16. The maximum atomic E-state index is 12.9. The first-order chi connectivity index (χ1) is 13.1. The fraction of sp³-hybridized carbons (Fsp3) is 0.130. The quantitative estimate of drug-likeness (QED) is 0.680. The maximum absolute atomic E-state index is 12.9. The van der Waals surface area contributed by atoms with Gasteiger partial charge < -0.3 is 5.32 Å². The predicted octanol–water partition coefficient (Wildman–Crippen LogP) is 4.80. The molecule has 0 fully saturated rings. The van der Waals surface area contributed by atoms with Crippen molar-refractivity contribution in [2.45, 2.75) is 19.3 Å². The van der Waals surface area contributed by atoms with Crippen LogP contribution >= 0.6 is 0 Å². The number of hydrogen-bond donors (Lipinski definition) is 1. The van der Waals surface area contributed by atoms with Crippen LogP contribution in [0.3, 0.4) is 0 Å². The number of nitrogens with one attached hydrogen (secondary N) is 1. The molecule has 1 amide bonds. The molecule has 3 nitrogen and oxygen atoms in total. The molecule has 0 aliphatic heterocycles. The Morgan fingerprint density at radius 2 is 1.37 bits per heavy atom. The molecule has 3 aromatic rings. The first-order valence-corrected chi connectivity index (χ1v) is 8.94. The number of anilines is 1. The van der Waals surface area contributed by atoms with Gasteiger partial charge in [0.25, 0.3) is 5.91 Å². The summed E-state index contributed by atoms with van der Waals surface area (Å²) in [6, 6.07) is 18.1. The van der Waals surface area contributed by atoms with Crippen LogP contribution in [0.1, 0.15) is 43.8 Å². The average molecular weight is 359 g/mol. The van der Waals surface area contributed by atoms with Crippen LogP contribution in [0.15, 0.2) is 66.7 Å². The van der Waals surface area contributed by atoms with Gasteiger partial charge in [0.15, 0.2) is 5.78 Å². The number of fused-ring (bicyclic) bond motifs is 1. The normalized spacial score (nSPS) is 12.5. The molecule has 4 rings (SSSR count). The zero-order chi connectivity index (χ0) is 18.8. The molecule has 0 unspecified atom stereocenters. The highest BCUT2D eigenvalue weighted by Gasteiger charge is 2.15. The van der Waals surface area contributed by atoms with Crippen LogP contribution in [0.5, 0.6) is 0 Å². The van der Waals surface area contributed by atoms with Gasteiger partial charge >= 0.3 is 0 Å². The third-order valence-electron chi connectivity index (χ3n) is 4.87. The summed E-state index contributed by atoms with van der Waals surface area (Å²) in [5.74, 6) is -0.741. The van der Waals surface area contributed by atoms with Gasteiger partial charge in [-0.1, -0.05) is 12.1 Å². The summed E-state index contributed by atoms with van der Waals surface area (Å²) in [5.41, 5.74) is 4.82. The molecule has 0 spiro atoms. The Morgan fingerprint density at radius 3 is 2.11 bits per heavy atom. The smallest absolute Gasteiger partial charge is 0.255 e. The summed E-state index contributed by atoms with van der Waals surface area (Å²) in [4.78, 5) is 24.9. The number of aryl methyl sites for hydroxylation is 2. The van der Waals surface area contributed by atoms with Crippen molar-refractivity contribution in [3.05, 3.63) is 100 Å². The minimum absolute atomic E-state index is 0.0267. The van der Waals surface area contributed by atoms with Crippen molar-refractivity contribution >= 4 is 17.4 Å². The van der Waals surface area contributed by atoms with Gasteiger partial charge in [0.05, 0.1) is 0 Å². The lowest BCUT2D eigenvalue weighted by Crippen LogP contribution is -2.12. The summed E-state index contributed by atoms with van der Waals surface area (Å²) < 4.78 is 12.9. The van der Waals surface area contributed by atoms with Crippen LogP contribution in [0, 0.1) is 5.82 Å². The summed E-state index contributed by atoms with van der Waals surface area (Å²) in [6.45, 7) is 0. The summed E-state index contributed by atoms with van der Waals surface area (Å²) in [7, 11) is 0. The molecule has 27 heavy (non-hydrogen) atoms. The highest BCUT2D eigenvalue weighted by molar-refractivity contribution is 6.09. The second-order valence-corrected chi connectivity index (χ2v) is 6.70. The lowest BCUT2D eigenvalue weighted by molar-refractivity contribution is 0.102. The summed E-state index contributed by atoms with van der Waals surface area (Å²) >= 11 is 0. The number of hydrogen-bond acceptors (Lipinski definition) is 2. The van der Waals surface area contributed by atoms with Crippen molar-refractivity contribution in [3.63, 3.8) is 0 Å². The van der Waals surface area contributed by atoms with E-state index in [1.165, 1.54) is 35.4 Å². The molecule has 1 aliphatic rings. The molecule has 0 bridgehead atoms. The van der Waals surface area contributed by atoms with E-state index < -0.39 is 0 Å². The molecule has 0 aromatic heterocycles. The third kappa shape index (κ3) is 3.65. The van der Waals surface area contributed by atoms with Crippen molar-refractivity contribution < 1.29 is 14.0 Å². The van der Waals surface area contributed by atoms with E-state index in [-0.39, 0.29) is 17.5 Å². The Bertz CT molecular complexity index is 1010. The van der Waals surface area contributed by atoms with Crippen molar-refractivity contribution in [1.82, 2.24) is 0 Å². The molecule has 134 valence electrons. The van der Waals surface area contributed by atoms with Crippen molar-refractivity contribution in [2.24, 2.45) is 0 Å². The highest BCUT2D eigenvalue weighted by atomic mass is 19.1.